The van der Waals surface area contributed by atoms with E-state index >= 15 is 0 Å². The molecule has 2 aromatic rings. The van der Waals surface area contributed by atoms with Crippen molar-refractivity contribution in [2.45, 2.75) is 12.4 Å². The van der Waals surface area contributed by atoms with Gasteiger partial charge < -0.3 is 0 Å². The monoisotopic (exact) mass is 296 g/mol. The highest BCUT2D eigenvalue weighted by Crippen LogP contribution is 2.45. The van der Waals surface area contributed by atoms with Crippen LogP contribution < -0.4 is 0 Å². The minimum absolute atomic E-state index is 0.151. The van der Waals surface area contributed by atoms with Crippen LogP contribution in [0.25, 0.3) is 10.4 Å². The van der Waals surface area contributed by atoms with Crippen molar-refractivity contribution in [1.82, 2.24) is 0 Å². The van der Waals surface area contributed by atoms with Gasteiger partial charge in [0, 0.05) is 10.4 Å². The predicted octanol–water partition coefficient (Wildman–Crippen LogP) is 5.45. The van der Waals surface area contributed by atoms with Crippen LogP contribution in [0.4, 0.5) is 26.3 Å². The quantitative estimate of drug-likeness (QED) is 0.614. The lowest BCUT2D eigenvalue weighted by Crippen LogP contribution is -2.17. The lowest BCUT2D eigenvalue weighted by molar-refractivity contribution is -0.161. The van der Waals surface area contributed by atoms with Gasteiger partial charge in [0.15, 0.2) is 0 Å². The second kappa shape index (κ2) is 4.56. The number of benzene rings is 1. The average Bonchev–Trinajstić information content (AvgIpc) is 2.79. The molecule has 0 aliphatic rings. The fraction of sp³-hybridized carbons (Fsp3) is 0.167. The highest BCUT2D eigenvalue weighted by molar-refractivity contribution is 7.13. The van der Waals surface area contributed by atoms with E-state index in [9.17, 15) is 26.3 Å². The Morgan fingerprint density at radius 2 is 1.47 bits per heavy atom. The molecule has 19 heavy (non-hydrogen) atoms. The fourth-order valence-electron chi connectivity index (χ4n) is 1.73. The number of hydrogen-bond donors (Lipinski definition) is 0. The lowest BCUT2D eigenvalue weighted by atomic mass is 9.99. The van der Waals surface area contributed by atoms with Crippen LogP contribution in [-0.4, -0.2) is 0 Å². The van der Waals surface area contributed by atoms with E-state index in [1.54, 1.807) is 0 Å². The first-order valence-electron chi connectivity index (χ1n) is 5.02. The third-order valence-corrected chi connectivity index (χ3v) is 3.34. The van der Waals surface area contributed by atoms with Crippen molar-refractivity contribution in [3.05, 3.63) is 46.8 Å². The Labute approximate surface area is 108 Å². The molecule has 2 rings (SSSR count). The van der Waals surface area contributed by atoms with Gasteiger partial charge in [-0.2, -0.15) is 26.3 Å². The van der Waals surface area contributed by atoms with E-state index in [4.69, 9.17) is 0 Å². The Kier molecular flexibility index (Phi) is 3.34. The SMILES string of the molecule is FC(F)(F)c1cccc(-c2cccs2)c1C(F)(F)F. The van der Waals surface area contributed by atoms with Gasteiger partial charge in [-0.3, -0.25) is 0 Å². The number of halogens is 6. The second-order valence-electron chi connectivity index (χ2n) is 3.70. The Hall–Kier alpha value is -1.50. The van der Waals surface area contributed by atoms with Crippen LogP contribution in [-0.2, 0) is 12.4 Å². The van der Waals surface area contributed by atoms with E-state index in [2.05, 4.69) is 0 Å². The standard InChI is InChI=1S/C12H6F6S/c13-11(14,15)8-4-1-3-7(9-5-2-6-19-9)10(8)12(16,17)18/h1-6H. The molecule has 0 bridgehead atoms. The van der Waals surface area contributed by atoms with Gasteiger partial charge in [-0.25, -0.2) is 0 Å². The maximum absolute atomic E-state index is 12.9. The topological polar surface area (TPSA) is 0 Å². The Morgan fingerprint density at radius 3 is 1.95 bits per heavy atom. The van der Waals surface area contributed by atoms with Gasteiger partial charge in [0.1, 0.15) is 0 Å². The first-order valence-corrected chi connectivity index (χ1v) is 5.90. The van der Waals surface area contributed by atoms with E-state index < -0.39 is 29.0 Å². The summed E-state index contributed by atoms with van der Waals surface area (Å²) in [7, 11) is 0. The van der Waals surface area contributed by atoms with Crippen LogP contribution in [0.3, 0.4) is 0 Å². The summed E-state index contributed by atoms with van der Waals surface area (Å²) < 4.78 is 76.9. The highest BCUT2D eigenvalue weighted by atomic mass is 32.1. The van der Waals surface area contributed by atoms with Crippen LogP contribution in [0.2, 0.25) is 0 Å². The van der Waals surface area contributed by atoms with Gasteiger partial charge in [-0.15, -0.1) is 11.3 Å². The van der Waals surface area contributed by atoms with Crippen LogP contribution in [0.15, 0.2) is 35.7 Å². The molecule has 0 N–H and O–H groups in total. The normalized spacial score (nSPS) is 12.7. The summed E-state index contributed by atoms with van der Waals surface area (Å²) in [4.78, 5) is 0.151. The molecule has 1 heterocycles. The molecular weight excluding hydrogens is 290 g/mol. The summed E-state index contributed by atoms with van der Waals surface area (Å²) >= 11 is 0.958. The average molecular weight is 296 g/mol. The molecule has 0 amide bonds. The van der Waals surface area contributed by atoms with Gasteiger partial charge in [0.25, 0.3) is 0 Å². The molecule has 0 saturated heterocycles. The molecule has 0 aliphatic heterocycles. The predicted molar refractivity (Wildman–Crippen MR) is 59.8 cm³/mol. The molecule has 0 fully saturated rings. The zero-order chi connectivity index (χ0) is 14.3. The largest absolute Gasteiger partial charge is 0.417 e. The van der Waals surface area contributed by atoms with Gasteiger partial charge in [0.05, 0.1) is 11.1 Å². The summed E-state index contributed by atoms with van der Waals surface area (Å²) in [6.07, 6.45) is -10.1. The number of hydrogen-bond acceptors (Lipinski definition) is 1. The maximum atomic E-state index is 12.9. The zero-order valence-electron chi connectivity index (χ0n) is 9.14. The summed E-state index contributed by atoms with van der Waals surface area (Å²) in [5, 5.41) is 1.51. The van der Waals surface area contributed by atoms with Crippen LogP contribution in [0.5, 0.6) is 0 Å². The molecule has 0 aliphatic carbocycles. The Morgan fingerprint density at radius 1 is 0.789 bits per heavy atom. The first-order chi connectivity index (χ1) is 8.71. The molecule has 0 nitrogen and oxygen atoms in total. The smallest absolute Gasteiger partial charge is 0.166 e. The number of rotatable bonds is 1. The van der Waals surface area contributed by atoms with Crippen molar-refractivity contribution in [2.24, 2.45) is 0 Å². The molecule has 102 valence electrons. The summed E-state index contributed by atoms with van der Waals surface area (Å²) in [6.45, 7) is 0. The second-order valence-corrected chi connectivity index (χ2v) is 4.65. The fourth-order valence-corrected chi connectivity index (χ4v) is 2.49. The first kappa shape index (κ1) is 13.9. The highest BCUT2D eigenvalue weighted by Gasteiger charge is 2.44. The summed E-state index contributed by atoms with van der Waals surface area (Å²) in [6, 6.07) is 5.31. The molecule has 1 aromatic heterocycles. The van der Waals surface area contributed by atoms with Crippen molar-refractivity contribution in [3.63, 3.8) is 0 Å². The van der Waals surface area contributed by atoms with Gasteiger partial charge in [-0.1, -0.05) is 18.2 Å². The van der Waals surface area contributed by atoms with Crippen LogP contribution in [0.1, 0.15) is 11.1 Å². The molecule has 0 spiro atoms. The van der Waals surface area contributed by atoms with Gasteiger partial charge >= 0.3 is 12.4 Å². The summed E-state index contributed by atoms with van der Waals surface area (Å²) in [5.41, 5.74) is -3.74. The van der Waals surface area contributed by atoms with Crippen LogP contribution >= 0.6 is 11.3 Å². The van der Waals surface area contributed by atoms with Crippen molar-refractivity contribution in [3.8, 4) is 10.4 Å². The molecule has 0 atom stereocenters. The molecule has 0 unspecified atom stereocenters. The minimum atomic E-state index is -5.06. The molecular formula is C12H6F6S. The third-order valence-electron chi connectivity index (χ3n) is 2.44. The Bertz CT molecular complexity index is 565. The van der Waals surface area contributed by atoms with E-state index in [0.717, 1.165) is 23.5 Å². The molecule has 7 heteroatoms. The van der Waals surface area contributed by atoms with E-state index in [0.29, 0.717) is 6.07 Å². The van der Waals surface area contributed by atoms with Gasteiger partial charge in [0.2, 0.25) is 0 Å². The lowest BCUT2D eigenvalue weighted by Gasteiger charge is -2.18. The van der Waals surface area contributed by atoms with E-state index in [1.165, 1.54) is 17.5 Å². The van der Waals surface area contributed by atoms with E-state index in [-0.39, 0.29) is 4.88 Å². The third kappa shape index (κ3) is 2.75. The van der Waals surface area contributed by atoms with Crippen molar-refractivity contribution < 1.29 is 26.3 Å². The van der Waals surface area contributed by atoms with E-state index in [1.807, 2.05) is 0 Å². The maximum Gasteiger partial charge on any atom is 0.417 e. The number of thiophene rings is 1. The van der Waals surface area contributed by atoms with Crippen molar-refractivity contribution in [1.29, 1.82) is 0 Å². The van der Waals surface area contributed by atoms with Crippen LogP contribution in [0, 0.1) is 0 Å². The van der Waals surface area contributed by atoms with Crippen molar-refractivity contribution in [2.75, 3.05) is 0 Å². The minimum Gasteiger partial charge on any atom is -0.166 e. The zero-order valence-corrected chi connectivity index (χ0v) is 9.96. The summed E-state index contributed by atoms with van der Waals surface area (Å²) in [5.74, 6) is 0. The van der Waals surface area contributed by atoms with Gasteiger partial charge in [-0.05, 0) is 17.5 Å². The Balaban J connectivity index is 2.76. The molecule has 0 radical (unpaired) electrons. The van der Waals surface area contributed by atoms with Crippen molar-refractivity contribution >= 4 is 11.3 Å². The molecule has 0 saturated carbocycles. The number of alkyl halides is 6. The molecule has 1 aromatic carbocycles.